The third kappa shape index (κ3) is 4.36. The molecular weight excluding hydrogens is 380 g/mol. The van der Waals surface area contributed by atoms with E-state index in [4.69, 9.17) is 9.73 Å². The van der Waals surface area contributed by atoms with Gasteiger partial charge in [0.05, 0.1) is 11.7 Å². The number of aliphatic imine (C=N–C) groups is 1. The van der Waals surface area contributed by atoms with Crippen LogP contribution in [0.2, 0.25) is 0 Å². The van der Waals surface area contributed by atoms with Crippen LogP contribution >= 0.6 is 0 Å². The predicted molar refractivity (Wildman–Crippen MR) is 127 cm³/mol. The molecule has 0 N–H and O–H groups in total. The third-order valence-electron chi connectivity index (χ3n) is 5.53. The molecule has 0 saturated carbocycles. The summed E-state index contributed by atoms with van der Waals surface area (Å²) in [5, 5.41) is 0. The summed E-state index contributed by atoms with van der Waals surface area (Å²) in [5.41, 5.74) is 4.58. The average molecular weight is 405 g/mol. The highest BCUT2D eigenvalue weighted by molar-refractivity contribution is 6.06. The van der Waals surface area contributed by atoms with Crippen molar-refractivity contribution in [1.82, 2.24) is 0 Å². The maximum atomic E-state index is 5.96. The van der Waals surface area contributed by atoms with E-state index in [-0.39, 0.29) is 0 Å². The number of rotatable bonds is 6. The molecule has 1 heterocycles. The number of anilines is 1. The lowest BCUT2D eigenvalue weighted by molar-refractivity contribution is 0.306. The quantitative estimate of drug-likeness (QED) is 0.347. The van der Waals surface area contributed by atoms with Crippen molar-refractivity contribution >= 4 is 17.2 Å². The van der Waals surface area contributed by atoms with Crippen LogP contribution in [-0.2, 0) is 6.61 Å². The van der Waals surface area contributed by atoms with Gasteiger partial charge in [0.25, 0.3) is 0 Å². The van der Waals surface area contributed by atoms with Gasteiger partial charge >= 0.3 is 0 Å². The van der Waals surface area contributed by atoms with E-state index in [2.05, 4.69) is 59.5 Å². The molecule has 1 fully saturated rings. The van der Waals surface area contributed by atoms with Crippen molar-refractivity contribution in [2.24, 2.45) is 4.99 Å². The van der Waals surface area contributed by atoms with Crippen LogP contribution in [0.5, 0.6) is 5.75 Å². The highest BCUT2D eigenvalue weighted by Crippen LogP contribution is 2.41. The zero-order chi connectivity index (χ0) is 20.9. The van der Waals surface area contributed by atoms with Gasteiger partial charge in [0.1, 0.15) is 18.2 Å². The van der Waals surface area contributed by atoms with Crippen molar-refractivity contribution in [1.29, 1.82) is 0 Å². The molecule has 0 radical (unpaired) electrons. The number of amidine groups is 1. The van der Waals surface area contributed by atoms with Gasteiger partial charge in [-0.05, 0) is 47.5 Å². The maximum absolute atomic E-state index is 5.96. The van der Waals surface area contributed by atoms with Crippen LogP contribution in [0.1, 0.15) is 23.6 Å². The van der Waals surface area contributed by atoms with Gasteiger partial charge in [0.2, 0.25) is 0 Å². The summed E-state index contributed by atoms with van der Waals surface area (Å²) in [6.07, 6.45) is 0.922. The molecule has 31 heavy (non-hydrogen) atoms. The Morgan fingerprint density at radius 3 is 2.00 bits per heavy atom. The van der Waals surface area contributed by atoms with Gasteiger partial charge in [-0.3, -0.25) is 0 Å². The van der Waals surface area contributed by atoms with Gasteiger partial charge in [-0.15, -0.1) is 0 Å². The third-order valence-corrected chi connectivity index (χ3v) is 5.53. The minimum absolute atomic E-state index is 0.291. The number of ether oxygens (including phenoxy) is 1. The number of nitrogens with zero attached hydrogens (tertiary/aromatic N) is 2. The zero-order valence-electron chi connectivity index (χ0n) is 17.3. The Kier molecular flexibility index (Phi) is 5.48. The second kappa shape index (κ2) is 8.88. The summed E-state index contributed by atoms with van der Waals surface area (Å²) in [4.78, 5) is 7.23. The molecule has 4 aromatic rings. The standard InChI is InChI=1S/C28H24N2O/c1-4-10-22(11-5-1)21-31-26-18-16-25(17-19-26)30-27(23-12-6-2-7-13-23)20-28(30)29-24-14-8-3-9-15-24/h1-19,27H,20-21H2/b29-28+. The topological polar surface area (TPSA) is 24.8 Å². The summed E-state index contributed by atoms with van der Waals surface area (Å²) in [6.45, 7) is 0.567. The first-order valence-corrected chi connectivity index (χ1v) is 10.6. The molecule has 1 aliphatic rings. The van der Waals surface area contributed by atoms with E-state index in [1.54, 1.807) is 0 Å². The fourth-order valence-electron chi connectivity index (χ4n) is 3.90. The molecule has 1 atom stereocenters. The summed E-state index contributed by atoms with van der Waals surface area (Å²) < 4.78 is 5.96. The van der Waals surface area contributed by atoms with Crippen LogP contribution in [0.4, 0.5) is 11.4 Å². The molecule has 5 rings (SSSR count). The van der Waals surface area contributed by atoms with Gasteiger partial charge < -0.3 is 9.64 Å². The molecule has 0 spiro atoms. The number of para-hydroxylation sites is 1. The summed E-state index contributed by atoms with van der Waals surface area (Å²) in [6, 6.07) is 39.6. The maximum Gasteiger partial charge on any atom is 0.119 e. The molecule has 0 aliphatic carbocycles. The van der Waals surface area contributed by atoms with E-state index in [1.807, 2.05) is 60.7 Å². The molecule has 3 heteroatoms. The first-order chi connectivity index (χ1) is 15.4. The SMILES string of the molecule is c1ccc(COc2ccc(N3/C(=N/c4ccccc4)CC3c3ccccc3)cc2)cc1. The minimum atomic E-state index is 0.291. The van der Waals surface area contributed by atoms with Crippen LogP contribution < -0.4 is 9.64 Å². The van der Waals surface area contributed by atoms with E-state index >= 15 is 0 Å². The molecule has 0 bridgehead atoms. The fraction of sp³-hybridized carbons (Fsp3) is 0.107. The van der Waals surface area contributed by atoms with Crippen molar-refractivity contribution < 1.29 is 4.74 Å². The monoisotopic (exact) mass is 404 g/mol. The largest absolute Gasteiger partial charge is 0.489 e. The van der Waals surface area contributed by atoms with E-state index in [0.29, 0.717) is 12.6 Å². The van der Waals surface area contributed by atoms with Crippen molar-refractivity contribution in [3.05, 3.63) is 126 Å². The van der Waals surface area contributed by atoms with Gasteiger partial charge in [-0.1, -0.05) is 78.9 Å². The summed E-state index contributed by atoms with van der Waals surface area (Å²) in [7, 11) is 0. The Morgan fingerprint density at radius 2 is 1.32 bits per heavy atom. The molecule has 152 valence electrons. The minimum Gasteiger partial charge on any atom is -0.489 e. The van der Waals surface area contributed by atoms with Crippen LogP contribution in [-0.4, -0.2) is 5.84 Å². The van der Waals surface area contributed by atoms with Gasteiger partial charge in [0, 0.05) is 12.1 Å². The van der Waals surface area contributed by atoms with Crippen LogP contribution in [0, 0.1) is 0 Å². The van der Waals surface area contributed by atoms with E-state index in [9.17, 15) is 0 Å². The summed E-state index contributed by atoms with van der Waals surface area (Å²) in [5.74, 6) is 1.95. The van der Waals surface area contributed by atoms with Crippen LogP contribution in [0.15, 0.2) is 120 Å². The van der Waals surface area contributed by atoms with Crippen molar-refractivity contribution in [2.75, 3.05) is 4.90 Å². The fourth-order valence-corrected chi connectivity index (χ4v) is 3.90. The predicted octanol–water partition coefficient (Wildman–Crippen LogP) is 6.95. The van der Waals surface area contributed by atoms with Crippen LogP contribution in [0.3, 0.4) is 0 Å². The van der Waals surface area contributed by atoms with Gasteiger partial charge in [0.15, 0.2) is 0 Å². The first-order valence-electron chi connectivity index (χ1n) is 10.6. The molecule has 1 saturated heterocycles. The Hall–Kier alpha value is -3.85. The molecular formula is C28H24N2O. The van der Waals surface area contributed by atoms with Crippen molar-refractivity contribution in [2.45, 2.75) is 19.1 Å². The van der Waals surface area contributed by atoms with E-state index < -0.39 is 0 Å². The Morgan fingerprint density at radius 1 is 0.710 bits per heavy atom. The van der Waals surface area contributed by atoms with Gasteiger partial charge in [-0.25, -0.2) is 4.99 Å². The van der Waals surface area contributed by atoms with Crippen molar-refractivity contribution in [3.63, 3.8) is 0 Å². The Bertz CT molecular complexity index is 1140. The first kappa shape index (κ1) is 19.1. The molecule has 0 amide bonds. The smallest absolute Gasteiger partial charge is 0.119 e. The average Bonchev–Trinajstić information content (AvgIpc) is 2.83. The Balaban J connectivity index is 1.38. The lowest BCUT2D eigenvalue weighted by atomic mass is 9.92. The molecule has 4 aromatic carbocycles. The molecule has 0 aromatic heterocycles. The molecule has 3 nitrogen and oxygen atoms in total. The second-order valence-corrected chi connectivity index (χ2v) is 7.63. The zero-order valence-corrected chi connectivity index (χ0v) is 17.3. The molecule has 1 aliphatic heterocycles. The van der Waals surface area contributed by atoms with E-state index in [0.717, 1.165) is 34.9 Å². The highest BCUT2D eigenvalue weighted by atomic mass is 16.5. The number of hydrogen-bond donors (Lipinski definition) is 0. The molecule has 1 unspecified atom stereocenters. The second-order valence-electron chi connectivity index (χ2n) is 7.63. The van der Waals surface area contributed by atoms with Gasteiger partial charge in [-0.2, -0.15) is 0 Å². The number of benzene rings is 4. The van der Waals surface area contributed by atoms with Crippen LogP contribution in [0.25, 0.3) is 0 Å². The van der Waals surface area contributed by atoms with E-state index in [1.165, 1.54) is 5.56 Å². The lowest BCUT2D eigenvalue weighted by Gasteiger charge is -2.44. The summed E-state index contributed by atoms with van der Waals surface area (Å²) >= 11 is 0. The Labute approximate surface area is 183 Å². The van der Waals surface area contributed by atoms with Crippen molar-refractivity contribution in [3.8, 4) is 5.75 Å². The number of hydrogen-bond acceptors (Lipinski definition) is 2. The normalized spacial score (nSPS) is 16.7. The lowest BCUT2D eigenvalue weighted by Crippen LogP contribution is -2.46. The highest BCUT2D eigenvalue weighted by Gasteiger charge is 2.36.